The average molecular weight is 237 g/mol. The highest BCUT2D eigenvalue weighted by atomic mass is 16.3. The van der Waals surface area contributed by atoms with Crippen LogP contribution >= 0.6 is 0 Å². The molecule has 0 amide bonds. The number of hydrogen-bond acceptors (Lipinski definition) is 6. The first-order chi connectivity index (χ1) is 8.24. The number of aliphatic hydroxyl groups is 1. The van der Waals surface area contributed by atoms with E-state index in [-0.39, 0.29) is 6.61 Å². The molecule has 0 aliphatic heterocycles. The molecule has 4 N–H and O–H groups in total. The number of aromatic nitrogens is 2. The molecule has 17 heavy (non-hydrogen) atoms. The molecule has 6 nitrogen and oxygen atoms in total. The molecule has 0 saturated heterocycles. The molecule has 1 saturated carbocycles. The van der Waals surface area contributed by atoms with Crippen LogP contribution in [0.1, 0.15) is 25.0 Å². The molecule has 0 atom stereocenters. The first-order valence-electron chi connectivity index (χ1n) is 5.94. The summed E-state index contributed by atoms with van der Waals surface area (Å²) < 4.78 is 0. The first-order valence-corrected chi connectivity index (χ1v) is 5.94. The number of nitrogens with one attached hydrogen (secondary N) is 1. The van der Waals surface area contributed by atoms with Gasteiger partial charge in [0.25, 0.3) is 0 Å². The molecule has 1 fully saturated rings. The third-order valence-electron chi connectivity index (χ3n) is 3.12. The molecule has 1 aliphatic carbocycles. The molecule has 1 aromatic heterocycles. The van der Waals surface area contributed by atoms with Crippen molar-refractivity contribution < 1.29 is 5.11 Å². The Bertz CT molecular complexity index is 380. The van der Waals surface area contributed by atoms with Gasteiger partial charge in [0.15, 0.2) is 0 Å². The van der Waals surface area contributed by atoms with E-state index in [1.54, 1.807) is 0 Å². The van der Waals surface area contributed by atoms with Crippen LogP contribution < -0.4 is 16.2 Å². The maximum absolute atomic E-state index is 9.14. The Hall–Kier alpha value is -1.40. The summed E-state index contributed by atoms with van der Waals surface area (Å²) in [6.45, 7) is 2.64. The van der Waals surface area contributed by atoms with Crippen molar-refractivity contribution in [1.82, 2.24) is 9.97 Å². The fourth-order valence-electron chi connectivity index (χ4n) is 2.05. The fraction of sp³-hybridized carbons (Fsp3) is 0.636. The van der Waals surface area contributed by atoms with Gasteiger partial charge in [-0.3, -0.25) is 5.43 Å². The molecule has 6 heteroatoms. The minimum atomic E-state index is 0.130. The molecular formula is C11H19N5O. The molecule has 1 aliphatic rings. The number of hydrazine groups is 1. The largest absolute Gasteiger partial charge is 0.395 e. The van der Waals surface area contributed by atoms with Gasteiger partial charge in [0.05, 0.1) is 6.61 Å². The first kappa shape index (κ1) is 12.1. The van der Waals surface area contributed by atoms with Crippen LogP contribution in [-0.2, 0) is 0 Å². The van der Waals surface area contributed by atoms with Crippen molar-refractivity contribution in [3.63, 3.8) is 0 Å². The van der Waals surface area contributed by atoms with E-state index in [9.17, 15) is 0 Å². The van der Waals surface area contributed by atoms with E-state index >= 15 is 0 Å². The van der Waals surface area contributed by atoms with Crippen LogP contribution in [0.5, 0.6) is 0 Å². The maximum Gasteiger partial charge on any atom is 0.239 e. The van der Waals surface area contributed by atoms with Crippen LogP contribution in [0.2, 0.25) is 0 Å². The van der Waals surface area contributed by atoms with Gasteiger partial charge < -0.3 is 10.0 Å². The zero-order valence-electron chi connectivity index (χ0n) is 10.1. The van der Waals surface area contributed by atoms with Crippen molar-refractivity contribution in [1.29, 1.82) is 0 Å². The Kier molecular flexibility index (Phi) is 3.75. The third kappa shape index (κ3) is 2.65. The Balaban J connectivity index is 2.24. The Morgan fingerprint density at radius 2 is 2.29 bits per heavy atom. The highest BCUT2D eigenvalue weighted by Crippen LogP contribution is 2.28. The normalized spacial score (nSPS) is 15.5. The lowest BCUT2D eigenvalue weighted by molar-refractivity contribution is 0.283. The van der Waals surface area contributed by atoms with Gasteiger partial charge in [0.1, 0.15) is 5.82 Å². The molecule has 2 rings (SSSR count). The zero-order valence-corrected chi connectivity index (χ0v) is 10.1. The highest BCUT2D eigenvalue weighted by Gasteiger charge is 2.26. The number of aliphatic hydroxyl groups excluding tert-OH is 1. The van der Waals surface area contributed by atoms with Gasteiger partial charge >= 0.3 is 0 Å². The number of anilines is 2. The Morgan fingerprint density at radius 1 is 1.53 bits per heavy atom. The molecule has 94 valence electrons. The average Bonchev–Trinajstić information content (AvgIpc) is 2.25. The maximum atomic E-state index is 9.14. The summed E-state index contributed by atoms with van der Waals surface area (Å²) in [6.07, 6.45) is 3.57. The van der Waals surface area contributed by atoms with Crippen LogP contribution in [0.3, 0.4) is 0 Å². The Morgan fingerprint density at radius 3 is 2.82 bits per heavy atom. The van der Waals surface area contributed by atoms with E-state index in [4.69, 9.17) is 10.9 Å². The zero-order chi connectivity index (χ0) is 12.3. The lowest BCUT2D eigenvalue weighted by atomic mass is 9.91. The third-order valence-corrected chi connectivity index (χ3v) is 3.12. The molecule has 1 heterocycles. The van der Waals surface area contributed by atoms with Crippen LogP contribution in [0.15, 0.2) is 6.07 Å². The van der Waals surface area contributed by atoms with E-state index in [2.05, 4.69) is 20.3 Å². The summed E-state index contributed by atoms with van der Waals surface area (Å²) in [6, 6.07) is 2.41. The topological polar surface area (TPSA) is 87.3 Å². The van der Waals surface area contributed by atoms with Gasteiger partial charge in [-0.1, -0.05) is 0 Å². The van der Waals surface area contributed by atoms with Gasteiger partial charge in [-0.05, 0) is 26.2 Å². The van der Waals surface area contributed by atoms with Crippen molar-refractivity contribution in [2.24, 2.45) is 5.84 Å². The van der Waals surface area contributed by atoms with E-state index in [0.717, 1.165) is 24.4 Å². The van der Waals surface area contributed by atoms with Gasteiger partial charge in [-0.25, -0.2) is 10.8 Å². The second-order valence-electron chi connectivity index (χ2n) is 4.34. The molecule has 0 aromatic carbocycles. The Labute approximate surface area is 101 Å². The molecule has 1 aromatic rings. The summed E-state index contributed by atoms with van der Waals surface area (Å²) >= 11 is 0. The molecular weight excluding hydrogens is 218 g/mol. The van der Waals surface area contributed by atoms with Crippen molar-refractivity contribution in [2.75, 3.05) is 23.5 Å². The number of nitrogens with two attached hydrogens (primary N) is 1. The number of hydrogen-bond donors (Lipinski definition) is 3. The minimum Gasteiger partial charge on any atom is -0.395 e. The van der Waals surface area contributed by atoms with Crippen molar-refractivity contribution in [3.05, 3.63) is 11.8 Å². The lowest BCUT2D eigenvalue weighted by Crippen LogP contribution is -2.42. The molecule has 0 radical (unpaired) electrons. The second kappa shape index (κ2) is 5.29. The van der Waals surface area contributed by atoms with Crippen LogP contribution in [-0.4, -0.2) is 34.3 Å². The van der Waals surface area contributed by atoms with E-state index in [0.29, 0.717) is 18.5 Å². The monoisotopic (exact) mass is 237 g/mol. The van der Waals surface area contributed by atoms with Crippen LogP contribution in [0, 0.1) is 6.92 Å². The van der Waals surface area contributed by atoms with E-state index < -0.39 is 0 Å². The van der Waals surface area contributed by atoms with Gasteiger partial charge in [-0.15, -0.1) is 0 Å². The van der Waals surface area contributed by atoms with Gasteiger partial charge in [-0.2, -0.15) is 4.98 Å². The predicted octanol–water partition coefficient (Wildman–Crippen LogP) is 0.422. The molecule has 0 spiro atoms. The smallest absolute Gasteiger partial charge is 0.239 e. The van der Waals surface area contributed by atoms with E-state index in [1.165, 1.54) is 6.42 Å². The number of nitrogen functional groups attached to an aromatic ring is 1. The summed E-state index contributed by atoms with van der Waals surface area (Å²) in [4.78, 5) is 10.6. The molecule has 0 unspecified atom stereocenters. The SMILES string of the molecule is Cc1cc(N(CCO)C2CCC2)nc(NN)n1. The molecule has 0 bridgehead atoms. The van der Waals surface area contributed by atoms with Gasteiger partial charge in [0.2, 0.25) is 5.95 Å². The van der Waals surface area contributed by atoms with E-state index in [1.807, 2.05) is 13.0 Å². The number of aryl methyl sites for hydroxylation is 1. The summed E-state index contributed by atoms with van der Waals surface area (Å²) in [5, 5.41) is 9.14. The number of nitrogens with zero attached hydrogens (tertiary/aromatic N) is 3. The summed E-state index contributed by atoms with van der Waals surface area (Å²) in [5.74, 6) is 6.60. The fourth-order valence-corrected chi connectivity index (χ4v) is 2.05. The van der Waals surface area contributed by atoms with Crippen molar-refractivity contribution in [2.45, 2.75) is 32.2 Å². The second-order valence-corrected chi connectivity index (χ2v) is 4.34. The lowest BCUT2D eigenvalue weighted by Gasteiger charge is -2.38. The predicted molar refractivity (Wildman–Crippen MR) is 66.6 cm³/mol. The summed E-state index contributed by atoms with van der Waals surface area (Å²) in [5.41, 5.74) is 3.33. The highest BCUT2D eigenvalue weighted by molar-refractivity contribution is 5.45. The van der Waals surface area contributed by atoms with Gasteiger partial charge in [0, 0.05) is 24.3 Å². The van der Waals surface area contributed by atoms with Crippen molar-refractivity contribution >= 4 is 11.8 Å². The summed E-state index contributed by atoms with van der Waals surface area (Å²) in [7, 11) is 0. The quantitative estimate of drug-likeness (QED) is 0.508. The standard InChI is InChI=1S/C11H19N5O/c1-8-7-10(14-11(13-8)15-12)16(5-6-17)9-3-2-4-9/h7,9,17H,2-6,12H2,1H3,(H,13,14,15). The van der Waals surface area contributed by atoms with Crippen LogP contribution in [0.4, 0.5) is 11.8 Å². The van der Waals surface area contributed by atoms with Crippen LogP contribution in [0.25, 0.3) is 0 Å². The van der Waals surface area contributed by atoms with Crippen molar-refractivity contribution in [3.8, 4) is 0 Å². The minimum absolute atomic E-state index is 0.130. The number of rotatable bonds is 5.